The van der Waals surface area contributed by atoms with Gasteiger partial charge in [0.05, 0.1) is 32.5 Å². The van der Waals surface area contributed by atoms with Crippen LogP contribution in [-0.4, -0.2) is 43.2 Å². The van der Waals surface area contributed by atoms with Crippen LogP contribution in [0.15, 0.2) is 60.7 Å². The zero-order chi connectivity index (χ0) is 26.1. The number of halogens is 1. The molecule has 0 spiro atoms. The second-order valence-corrected chi connectivity index (χ2v) is 9.19. The molecule has 1 saturated carbocycles. The molecule has 0 radical (unpaired) electrons. The molecular weight excluding hydrogens is 471 g/mol. The molecule has 0 unspecified atom stereocenters. The van der Waals surface area contributed by atoms with Gasteiger partial charge in [-0.05, 0) is 61.2 Å². The second-order valence-electron chi connectivity index (χ2n) is 9.19. The molecule has 1 amide bonds. The molecule has 3 aromatic carbocycles. The molecule has 1 aliphatic carbocycles. The Bertz CT molecular complexity index is 1470. The van der Waals surface area contributed by atoms with Crippen LogP contribution in [0.25, 0.3) is 22.2 Å². The Kier molecular flexibility index (Phi) is 6.70. The Hall–Kier alpha value is -4.13. The summed E-state index contributed by atoms with van der Waals surface area (Å²) < 4.78 is 30.4. The smallest absolute Gasteiger partial charge is 0.254 e. The summed E-state index contributed by atoms with van der Waals surface area (Å²) in [6.07, 6.45) is 1.87. The number of aryl methyl sites for hydroxylation is 1. The summed E-state index contributed by atoms with van der Waals surface area (Å²) >= 11 is 0. The standard InChI is InChI=1S/C30H29FN2O4/c1-18-7-5-6-8-23(18)27-20(15-24-25(32-27)16-26(35-2)29(37-4)28(24)36-3)17-33(22-13-14-22)30(34)19-9-11-21(31)12-10-19/h5-12,15-16,22H,13-14,17H2,1-4H3. The summed E-state index contributed by atoms with van der Waals surface area (Å²) in [5, 5.41) is 0.762. The Balaban J connectivity index is 1.69. The summed E-state index contributed by atoms with van der Waals surface area (Å²) in [6.45, 7) is 2.40. The van der Waals surface area contributed by atoms with E-state index in [2.05, 4.69) is 0 Å². The second kappa shape index (κ2) is 10.1. The molecule has 1 aliphatic rings. The van der Waals surface area contributed by atoms with Crippen LogP contribution in [0.3, 0.4) is 0 Å². The fraction of sp³-hybridized carbons (Fsp3) is 0.267. The lowest BCUT2D eigenvalue weighted by Crippen LogP contribution is -2.33. The number of aromatic nitrogens is 1. The monoisotopic (exact) mass is 500 g/mol. The first-order valence-corrected chi connectivity index (χ1v) is 12.2. The number of hydrogen-bond acceptors (Lipinski definition) is 5. The van der Waals surface area contributed by atoms with Crippen LogP contribution in [0, 0.1) is 12.7 Å². The zero-order valence-electron chi connectivity index (χ0n) is 21.4. The fourth-order valence-electron chi connectivity index (χ4n) is 4.72. The van der Waals surface area contributed by atoms with Crippen molar-refractivity contribution in [2.24, 2.45) is 0 Å². The molecule has 1 aromatic heterocycles. The summed E-state index contributed by atoms with van der Waals surface area (Å²) in [7, 11) is 4.73. The first-order chi connectivity index (χ1) is 17.9. The largest absolute Gasteiger partial charge is 0.493 e. The molecule has 0 atom stereocenters. The summed E-state index contributed by atoms with van der Waals surface area (Å²) in [5.74, 6) is 1.03. The molecule has 4 aromatic rings. The van der Waals surface area contributed by atoms with E-state index in [4.69, 9.17) is 19.2 Å². The molecule has 37 heavy (non-hydrogen) atoms. The van der Waals surface area contributed by atoms with Gasteiger partial charge in [0.1, 0.15) is 5.82 Å². The Morgan fingerprint density at radius 1 is 0.973 bits per heavy atom. The van der Waals surface area contributed by atoms with Crippen molar-refractivity contribution in [2.45, 2.75) is 32.4 Å². The molecule has 1 heterocycles. The minimum absolute atomic E-state index is 0.127. The van der Waals surface area contributed by atoms with E-state index in [9.17, 15) is 9.18 Å². The van der Waals surface area contributed by atoms with E-state index in [1.54, 1.807) is 21.3 Å². The average Bonchev–Trinajstić information content (AvgIpc) is 3.76. The summed E-state index contributed by atoms with van der Waals surface area (Å²) in [4.78, 5) is 20.5. The number of hydrogen-bond donors (Lipinski definition) is 0. The van der Waals surface area contributed by atoms with Gasteiger partial charge in [-0.3, -0.25) is 4.79 Å². The Labute approximate surface area is 215 Å². The number of rotatable bonds is 8. The predicted molar refractivity (Wildman–Crippen MR) is 141 cm³/mol. The van der Waals surface area contributed by atoms with Gasteiger partial charge in [-0.1, -0.05) is 24.3 Å². The Morgan fingerprint density at radius 3 is 2.30 bits per heavy atom. The fourth-order valence-corrected chi connectivity index (χ4v) is 4.72. The number of methoxy groups -OCH3 is 3. The number of carbonyl (C=O) groups is 1. The molecule has 5 rings (SSSR count). The van der Waals surface area contributed by atoms with E-state index in [0.717, 1.165) is 40.6 Å². The average molecular weight is 501 g/mol. The molecule has 7 heteroatoms. The highest BCUT2D eigenvalue weighted by atomic mass is 19.1. The normalized spacial score (nSPS) is 12.9. The van der Waals surface area contributed by atoms with Gasteiger partial charge < -0.3 is 19.1 Å². The molecule has 0 saturated heterocycles. The van der Waals surface area contributed by atoms with Crippen LogP contribution < -0.4 is 14.2 Å². The van der Waals surface area contributed by atoms with Crippen LogP contribution in [0.1, 0.15) is 34.3 Å². The van der Waals surface area contributed by atoms with Crippen molar-refractivity contribution in [3.8, 4) is 28.5 Å². The van der Waals surface area contributed by atoms with E-state index < -0.39 is 0 Å². The molecule has 0 bridgehead atoms. The van der Waals surface area contributed by atoms with Gasteiger partial charge in [-0.2, -0.15) is 0 Å². The van der Waals surface area contributed by atoms with Crippen molar-refractivity contribution in [2.75, 3.05) is 21.3 Å². The lowest BCUT2D eigenvalue weighted by Gasteiger charge is -2.25. The van der Waals surface area contributed by atoms with Crippen molar-refractivity contribution in [1.82, 2.24) is 9.88 Å². The van der Waals surface area contributed by atoms with Crippen molar-refractivity contribution < 1.29 is 23.4 Å². The molecule has 1 fully saturated rings. The number of ether oxygens (including phenoxy) is 3. The van der Waals surface area contributed by atoms with Crippen LogP contribution in [0.5, 0.6) is 17.2 Å². The number of benzene rings is 3. The third-order valence-electron chi connectivity index (χ3n) is 6.78. The van der Waals surface area contributed by atoms with E-state index in [-0.39, 0.29) is 17.8 Å². The van der Waals surface area contributed by atoms with Crippen LogP contribution in [0.4, 0.5) is 4.39 Å². The van der Waals surface area contributed by atoms with E-state index in [1.807, 2.05) is 48.2 Å². The SMILES string of the molecule is COc1cc2nc(-c3ccccc3C)c(CN(C(=O)c3ccc(F)cc3)C3CC3)cc2c(OC)c1OC. The number of fused-ring (bicyclic) bond motifs is 1. The number of nitrogens with zero attached hydrogens (tertiary/aromatic N) is 2. The highest BCUT2D eigenvalue weighted by Crippen LogP contribution is 2.44. The third-order valence-corrected chi connectivity index (χ3v) is 6.78. The zero-order valence-corrected chi connectivity index (χ0v) is 21.4. The molecule has 190 valence electrons. The van der Waals surface area contributed by atoms with Gasteiger partial charge in [0.15, 0.2) is 11.5 Å². The van der Waals surface area contributed by atoms with Crippen LogP contribution >= 0.6 is 0 Å². The van der Waals surface area contributed by atoms with E-state index in [1.165, 1.54) is 24.3 Å². The maximum atomic E-state index is 13.5. The van der Waals surface area contributed by atoms with Crippen molar-refractivity contribution in [1.29, 1.82) is 0 Å². The molecule has 6 nitrogen and oxygen atoms in total. The first kappa shape index (κ1) is 24.6. The van der Waals surface area contributed by atoms with Gasteiger partial charge in [0.2, 0.25) is 5.75 Å². The minimum atomic E-state index is -0.369. The molecule has 0 aliphatic heterocycles. The molecular formula is C30H29FN2O4. The quantitative estimate of drug-likeness (QED) is 0.289. The third kappa shape index (κ3) is 4.69. The lowest BCUT2D eigenvalue weighted by molar-refractivity contribution is 0.0730. The van der Waals surface area contributed by atoms with Gasteiger partial charge in [0, 0.05) is 35.2 Å². The van der Waals surface area contributed by atoms with Crippen molar-refractivity contribution in [3.63, 3.8) is 0 Å². The first-order valence-electron chi connectivity index (χ1n) is 12.2. The maximum Gasteiger partial charge on any atom is 0.254 e. The predicted octanol–water partition coefficient (Wildman–Crippen LogP) is 6.18. The highest BCUT2D eigenvalue weighted by molar-refractivity contribution is 5.96. The van der Waals surface area contributed by atoms with E-state index >= 15 is 0 Å². The van der Waals surface area contributed by atoms with Gasteiger partial charge >= 0.3 is 0 Å². The van der Waals surface area contributed by atoms with Gasteiger partial charge in [-0.15, -0.1) is 0 Å². The summed E-state index contributed by atoms with van der Waals surface area (Å²) in [6, 6.07) is 17.8. The van der Waals surface area contributed by atoms with E-state index in [0.29, 0.717) is 34.9 Å². The highest BCUT2D eigenvalue weighted by Gasteiger charge is 2.34. The number of pyridine rings is 1. The Morgan fingerprint density at radius 2 is 1.68 bits per heavy atom. The lowest BCUT2D eigenvalue weighted by atomic mass is 9.98. The van der Waals surface area contributed by atoms with Crippen LogP contribution in [-0.2, 0) is 6.54 Å². The minimum Gasteiger partial charge on any atom is -0.493 e. The number of carbonyl (C=O) groups excluding carboxylic acids is 1. The van der Waals surface area contributed by atoms with Gasteiger partial charge in [-0.25, -0.2) is 9.37 Å². The maximum absolute atomic E-state index is 13.5. The topological polar surface area (TPSA) is 60.9 Å². The van der Waals surface area contributed by atoms with Crippen molar-refractivity contribution >= 4 is 16.8 Å². The molecule has 0 N–H and O–H groups in total. The summed E-state index contributed by atoms with van der Waals surface area (Å²) in [5.41, 5.74) is 4.89. The number of amides is 1. The van der Waals surface area contributed by atoms with Gasteiger partial charge in [0.25, 0.3) is 5.91 Å². The van der Waals surface area contributed by atoms with Crippen molar-refractivity contribution in [3.05, 3.63) is 83.2 Å². The van der Waals surface area contributed by atoms with Crippen LogP contribution in [0.2, 0.25) is 0 Å².